The third-order valence-electron chi connectivity index (χ3n) is 1.51. The smallest absolute Gasteiger partial charge is 0.359 e. The van der Waals surface area contributed by atoms with Crippen molar-refractivity contribution in [3.8, 4) is 0 Å². The van der Waals surface area contributed by atoms with Crippen LogP contribution >= 0.6 is 0 Å². The average molecular weight is 240 g/mol. The standard InChI is InChI=1S/C9H19N2O.C2H6.K/c1-3-7-11-9(12)6-5-8-10-4-2;1-2;/h10H,1,3-8H2,2H3,(H,11,12);1-2H3;/q-1;;+1. The van der Waals surface area contributed by atoms with Crippen LogP contribution in [-0.2, 0) is 4.79 Å². The quantitative estimate of drug-likeness (QED) is 0.332. The molecule has 0 aromatic rings. The molecule has 2 N–H and O–H groups in total. The number of nitrogens with one attached hydrogen (secondary N) is 2. The van der Waals surface area contributed by atoms with Gasteiger partial charge in [-0.25, -0.2) is 0 Å². The average Bonchev–Trinajstić information content (AvgIpc) is 2.24. The molecule has 15 heavy (non-hydrogen) atoms. The van der Waals surface area contributed by atoms with Crippen LogP contribution in [0.3, 0.4) is 0 Å². The van der Waals surface area contributed by atoms with Crippen molar-refractivity contribution in [3.63, 3.8) is 0 Å². The second-order valence-corrected chi connectivity index (χ2v) is 2.66. The number of hydrogen-bond acceptors (Lipinski definition) is 2. The minimum absolute atomic E-state index is 0. The van der Waals surface area contributed by atoms with Gasteiger partial charge in [-0.2, -0.15) is 6.42 Å². The molecule has 0 bridgehead atoms. The van der Waals surface area contributed by atoms with E-state index in [1.54, 1.807) is 0 Å². The molecule has 0 rings (SSSR count). The van der Waals surface area contributed by atoms with E-state index in [-0.39, 0.29) is 57.3 Å². The summed E-state index contributed by atoms with van der Waals surface area (Å²) >= 11 is 0. The normalized spacial score (nSPS) is 8.27. The zero-order valence-electron chi connectivity index (χ0n) is 10.9. The third kappa shape index (κ3) is 21.0. The monoisotopic (exact) mass is 240 g/mol. The van der Waals surface area contributed by atoms with Gasteiger partial charge in [0.05, 0.1) is 0 Å². The molecular weight excluding hydrogens is 215 g/mol. The van der Waals surface area contributed by atoms with E-state index in [9.17, 15) is 4.79 Å². The molecule has 0 fully saturated rings. The summed E-state index contributed by atoms with van der Waals surface area (Å²) in [5.41, 5.74) is 0. The van der Waals surface area contributed by atoms with Crippen LogP contribution in [0.1, 0.15) is 40.0 Å². The zero-order chi connectivity index (χ0) is 11.2. The number of carbonyl (C=O) groups is 1. The van der Waals surface area contributed by atoms with Gasteiger partial charge in [-0.15, -0.1) is 0 Å². The molecule has 1 amide bonds. The van der Waals surface area contributed by atoms with Crippen molar-refractivity contribution >= 4 is 5.91 Å². The summed E-state index contributed by atoms with van der Waals surface area (Å²) in [5.74, 6) is 0.136. The maximum Gasteiger partial charge on any atom is 1.00 e. The number of hydrogen-bond donors (Lipinski definition) is 2. The molecule has 0 atom stereocenters. The molecular formula is C11H25KN2O. The number of rotatable bonds is 7. The second kappa shape index (κ2) is 20.5. The van der Waals surface area contributed by atoms with Crippen LogP contribution in [0.4, 0.5) is 0 Å². The molecule has 0 aliphatic rings. The molecule has 0 aliphatic carbocycles. The van der Waals surface area contributed by atoms with Gasteiger partial charge >= 0.3 is 51.4 Å². The van der Waals surface area contributed by atoms with E-state index in [1.807, 2.05) is 13.8 Å². The van der Waals surface area contributed by atoms with Crippen molar-refractivity contribution in [2.45, 2.75) is 40.0 Å². The Morgan fingerprint density at radius 3 is 2.33 bits per heavy atom. The first-order valence-corrected chi connectivity index (χ1v) is 5.58. The Morgan fingerprint density at radius 1 is 1.27 bits per heavy atom. The van der Waals surface area contributed by atoms with Crippen LogP contribution in [0.5, 0.6) is 0 Å². The fourth-order valence-electron chi connectivity index (χ4n) is 0.867. The molecule has 0 aromatic carbocycles. The van der Waals surface area contributed by atoms with E-state index in [1.165, 1.54) is 0 Å². The Labute approximate surface area is 138 Å². The van der Waals surface area contributed by atoms with Gasteiger partial charge in [0.15, 0.2) is 0 Å². The van der Waals surface area contributed by atoms with E-state index in [0.717, 1.165) is 25.9 Å². The molecule has 0 aliphatic heterocycles. The van der Waals surface area contributed by atoms with Crippen molar-refractivity contribution in [3.05, 3.63) is 6.92 Å². The van der Waals surface area contributed by atoms with Crippen LogP contribution in [0.15, 0.2) is 0 Å². The van der Waals surface area contributed by atoms with E-state index in [4.69, 9.17) is 0 Å². The van der Waals surface area contributed by atoms with Crippen LogP contribution < -0.4 is 62.0 Å². The topological polar surface area (TPSA) is 41.1 Å². The summed E-state index contributed by atoms with van der Waals surface area (Å²) in [5, 5.41) is 5.95. The second-order valence-electron chi connectivity index (χ2n) is 2.66. The Hall–Kier alpha value is 1.07. The van der Waals surface area contributed by atoms with Crippen molar-refractivity contribution in [1.82, 2.24) is 10.6 Å². The molecule has 0 radical (unpaired) electrons. The maximum absolute atomic E-state index is 11.0. The van der Waals surface area contributed by atoms with Gasteiger partial charge in [0.1, 0.15) is 0 Å². The van der Waals surface area contributed by atoms with Gasteiger partial charge < -0.3 is 17.6 Å². The Bertz CT molecular complexity index is 121. The zero-order valence-corrected chi connectivity index (χ0v) is 14.0. The Morgan fingerprint density at radius 2 is 1.87 bits per heavy atom. The third-order valence-corrected chi connectivity index (χ3v) is 1.51. The van der Waals surface area contributed by atoms with Gasteiger partial charge in [0, 0.05) is 6.42 Å². The van der Waals surface area contributed by atoms with E-state index in [2.05, 4.69) is 24.5 Å². The molecule has 0 unspecified atom stereocenters. The summed E-state index contributed by atoms with van der Waals surface area (Å²) in [6.45, 7) is 12.3. The van der Waals surface area contributed by atoms with Gasteiger partial charge in [-0.1, -0.05) is 20.8 Å². The van der Waals surface area contributed by atoms with E-state index < -0.39 is 0 Å². The molecule has 86 valence electrons. The summed E-state index contributed by atoms with van der Waals surface area (Å²) in [4.78, 5) is 11.0. The predicted octanol–water partition coefficient (Wildman–Crippen LogP) is -1.25. The van der Waals surface area contributed by atoms with Gasteiger partial charge in [0.25, 0.3) is 0 Å². The molecule has 0 spiro atoms. The molecule has 3 nitrogen and oxygen atoms in total. The molecule has 0 saturated heterocycles. The summed E-state index contributed by atoms with van der Waals surface area (Å²) in [7, 11) is 0. The summed E-state index contributed by atoms with van der Waals surface area (Å²) in [6, 6.07) is 0. The molecule has 4 heteroatoms. The fourth-order valence-corrected chi connectivity index (χ4v) is 0.867. The van der Waals surface area contributed by atoms with Crippen molar-refractivity contribution in [2.24, 2.45) is 0 Å². The van der Waals surface area contributed by atoms with Gasteiger partial charge in [-0.05, 0) is 26.1 Å². The largest absolute Gasteiger partial charge is 1.00 e. The minimum atomic E-state index is 0. The molecule has 0 aromatic heterocycles. The van der Waals surface area contributed by atoms with E-state index >= 15 is 0 Å². The first-order valence-electron chi connectivity index (χ1n) is 5.58. The van der Waals surface area contributed by atoms with E-state index in [0.29, 0.717) is 13.0 Å². The van der Waals surface area contributed by atoms with Gasteiger partial charge in [0.2, 0.25) is 5.91 Å². The van der Waals surface area contributed by atoms with Crippen molar-refractivity contribution in [1.29, 1.82) is 0 Å². The van der Waals surface area contributed by atoms with Crippen molar-refractivity contribution < 1.29 is 56.2 Å². The van der Waals surface area contributed by atoms with Crippen LogP contribution in [0.25, 0.3) is 0 Å². The molecule has 0 saturated carbocycles. The fraction of sp³-hybridized carbons (Fsp3) is 0.818. The number of carbonyl (C=O) groups excluding carboxylic acids is 1. The predicted molar refractivity (Wildman–Crippen MR) is 62.1 cm³/mol. The molecule has 0 heterocycles. The Balaban J connectivity index is -0.000000449. The summed E-state index contributed by atoms with van der Waals surface area (Å²) in [6.07, 6.45) is 2.29. The van der Waals surface area contributed by atoms with Crippen LogP contribution in [0, 0.1) is 6.92 Å². The van der Waals surface area contributed by atoms with Gasteiger partial charge in [-0.3, -0.25) is 4.79 Å². The van der Waals surface area contributed by atoms with Crippen LogP contribution in [0.2, 0.25) is 0 Å². The maximum atomic E-state index is 11.0. The van der Waals surface area contributed by atoms with Crippen molar-refractivity contribution in [2.75, 3.05) is 19.6 Å². The first kappa shape index (κ1) is 21.4. The summed E-state index contributed by atoms with van der Waals surface area (Å²) < 4.78 is 0. The minimum Gasteiger partial charge on any atom is -0.359 e. The Kier molecular flexibility index (Phi) is 29.2. The van der Waals surface area contributed by atoms with Crippen LogP contribution in [-0.4, -0.2) is 25.5 Å². The number of amides is 1. The first-order chi connectivity index (χ1) is 6.81. The SMILES string of the molecule is CC.[CH2-]CCNC(=O)CCCNCC.[K+].